The van der Waals surface area contributed by atoms with Gasteiger partial charge in [0.25, 0.3) is 0 Å². The molecule has 1 atom stereocenters. The van der Waals surface area contributed by atoms with Gasteiger partial charge in [0.2, 0.25) is 0 Å². The zero-order valence-corrected chi connectivity index (χ0v) is 11.7. The largest absolute Gasteiger partial charge is 0.345 e. The molecule has 4 heteroatoms. The molecule has 0 amide bonds. The standard InChI is InChI=1S/C14H19N3S/c1-10-4-2-3-9-17(10)14-16-13(11-5-6-11)12(18-14)7-8-15/h10-11H,2-7,9H2,1H3. The van der Waals surface area contributed by atoms with E-state index in [1.807, 2.05) is 0 Å². The maximum absolute atomic E-state index is 8.93. The number of thiazole rings is 1. The summed E-state index contributed by atoms with van der Waals surface area (Å²) in [6, 6.07) is 2.89. The van der Waals surface area contributed by atoms with Crippen LogP contribution in [0.1, 0.15) is 55.5 Å². The molecule has 0 bridgehead atoms. The van der Waals surface area contributed by atoms with Crippen molar-refractivity contribution in [2.75, 3.05) is 11.4 Å². The van der Waals surface area contributed by atoms with Crippen LogP contribution in [-0.4, -0.2) is 17.6 Å². The van der Waals surface area contributed by atoms with Crippen LogP contribution in [-0.2, 0) is 6.42 Å². The van der Waals surface area contributed by atoms with Crippen LogP contribution in [0.15, 0.2) is 0 Å². The third kappa shape index (κ3) is 2.24. The average molecular weight is 261 g/mol. The summed E-state index contributed by atoms with van der Waals surface area (Å²) in [6.45, 7) is 3.42. The second kappa shape index (κ2) is 4.89. The molecular formula is C14H19N3S. The van der Waals surface area contributed by atoms with E-state index in [-0.39, 0.29) is 0 Å². The third-order valence-corrected chi connectivity index (χ3v) is 5.08. The van der Waals surface area contributed by atoms with Crippen molar-refractivity contribution >= 4 is 16.5 Å². The lowest BCUT2D eigenvalue weighted by Gasteiger charge is -2.33. The highest BCUT2D eigenvalue weighted by atomic mass is 32.1. The van der Waals surface area contributed by atoms with Gasteiger partial charge in [-0.15, -0.1) is 11.3 Å². The van der Waals surface area contributed by atoms with Gasteiger partial charge in [0, 0.05) is 23.4 Å². The molecule has 2 aliphatic rings. The summed E-state index contributed by atoms with van der Waals surface area (Å²) < 4.78 is 0. The second-order valence-corrected chi connectivity index (χ2v) is 6.51. The van der Waals surface area contributed by atoms with E-state index in [4.69, 9.17) is 10.2 Å². The normalized spacial score (nSPS) is 24.0. The maximum atomic E-state index is 8.93. The Balaban J connectivity index is 1.87. The number of hydrogen-bond donors (Lipinski definition) is 0. The molecule has 3 rings (SSSR count). The fraction of sp³-hybridized carbons (Fsp3) is 0.714. The van der Waals surface area contributed by atoms with Crippen molar-refractivity contribution in [3.63, 3.8) is 0 Å². The van der Waals surface area contributed by atoms with Crippen LogP contribution in [0.2, 0.25) is 0 Å². The van der Waals surface area contributed by atoms with E-state index in [9.17, 15) is 0 Å². The summed E-state index contributed by atoms with van der Waals surface area (Å²) >= 11 is 1.75. The lowest BCUT2D eigenvalue weighted by atomic mass is 10.0. The quantitative estimate of drug-likeness (QED) is 0.836. The van der Waals surface area contributed by atoms with Gasteiger partial charge in [-0.1, -0.05) is 0 Å². The van der Waals surface area contributed by atoms with Gasteiger partial charge in [0.15, 0.2) is 5.13 Å². The Kier molecular flexibility index (Phi) is 3.25. The van der Waals surface area contributed by atoms with Gasteiger partial charge in [-0.05, 0) is 39.0 Å². The minimum atomic E-state index is 0.533. The molecular weight excluding hydrogens is 242 g/mol. The first kappa shape index (κ1) is 12.0. The lowest BCUT2D eigenvalue weighted by molar-refractivity contribution is 0.484. The van der Waals surface area contributed by atoms with E-state index in [0.29, 0.717) is 18.4 Å². The van der Waals surface area contributed by atoms with Gasteiger partial charge in [-0.3, -0.25) is 0 Å². The molecule has 1 unspecified atom stereocenters. The van der Waals surface area contributed by atoms with E-state index >= 15 is 0 Å². The first-order valence-electron chi connectivity index (χ1n) is 6.92. The number of aromatic nitrogens is 1. The van der Waals surface area contributed by atoms with Crippen LogP contribution >= 0.6 is 11.3 Å². The molecule has 1 saturated carbocycles. The summed E-state index contributed by atoms with van der Waals surface area (Å²) in [5.74, 6) is 0.651. The Morgan fingerprint density at radius 2 is 2.22 bits per heavy atom. The van der Waals surface area contributed by atoms with E-state index in [1.165, 1.54) is 42.7 Å². The first-order valence-corrected chi connectivity index (χ1v) is 7.74. The number of anilines is 1. The minimum absolute atomic E-state index is 0.533. The third-order valence-electron chi connectivity index (χ3n) is 3.97. The van der Waals surface area contributed by atoms with Crippen molar-refractivity contribution in [1.82, 2.24) is 4.98 Å². The zero-order chi connectivity index (χ0) is 12.5. The summed E-state index contributed by atoms with van der Waals surface area (Å²) in [6.07, 6.45) is 6.94. The Morgan fingerprint density at radius 1 is 1.39 bits per heavy atom. The smallest absolute Gasteiger partial charge is 0.186 e. The number of piperidine rings is 1. The minimum Gasteiger partial charge on any atom is -0.345 e. The summed E-state index contributed by atoms with van der Waals surface area (Å²) in [5, 5.41) is 10.1. The van der Waals surface area contributed by atoms with E-state index in [1.54, 1.807) is 11.3 Å². The van der Waals surface area contributed by atoms with Crippen LogP contribution in [0.3, 0.4) is 0 Å². The number of rotatable bonds is 3. The SMILES string of the molecule is CC1CCCCN1c1nc(C2CC2)c(CC#N)s1. The molecule has 0 N–H and O–H groups in total. The molecule has 18 heavy (non-hydrogen) atoms. The first-order chi connectivity index (χ1) is 8.79. The van der Waals surface area contributed by atoms with Gasteiger partial charge >= 0.3 is 0 Å². The number of hydrogen-bond acceptors (Lipinski definition) is 4. The molecule has 1 aromatic heterocycles. The molecule has 1 aliphatic heterocycles. The van der Waals surface area contributed by atoms with Crippen molar-refractivity contribution in [2.24, 2.45) is 0 Å². The monoisotopic (exact) mass is 261 g/mol. The van der Waals surface area contributed by atoms with E-state index in [2.05, 4.69) is 17.9 Å². The van der Waals surface area contributed by atoms with Gasteiger partial charge in [-0.25, -0.2) is 4.98 Å². The molecule has 1 saturated heterocycles. The lowest BCUT2D eigenvalue weighted by Crippen LogP contribution is -2.37. The van der Waals surface area contributed by atoms with Gasteiger partial charge in [0.1, 0.15) is 0 Å². The van der Waals surface area contributed by atoms with Crippen molar-refractivity contribution in [2.45, 2.75) is 57.4 Å². The average Bonchev–Trinajstić information content (AvgIpc) is 3.13. The fourth-order valence-corrected chi connectivity index (χ4v) is 3.94. The molecule has 2 fully saturated rings. The van der Waals surface area contributed by atoms with Crippen LogP contribution in [0.4, 0.5) is 5.13 Å². The summed E-state index contributed by atoms with van der Waals surface area (Å²) in [5.41, 5.74) is 1.23. The molecule has 2 heterocycles. The van der Waals surface area contributed by atoms with Crippen molar-refractivity contribution in [3.8, 4) is 6.07 Å². The Labute approximate surface area is 112 Å². The Bertz CT molecular complexity index is 470. The molecule has 3 nitrogen and oxygen atoms in total. The van der Waals surface area contributed by atoms with E-state index in [0.717, 1.165) is 11.7 Å². The van der Waals surface area contributed by atoms with Gasteiger partial charge in [0.05, 0.1) is 18.2 Å². The van der Waals surface area contributed by atoms with Crippen LogP contribution in [0.5, 0.6) is 0 Å². The highest BCUT2D eigenvalue weighted by molar-refractivity contribution is 7.15. The predicted molar refractivity (Wildman–Crippen MR) is 74.1 cm³/mol. The summed E-state index contributed by atoms with van der Waals surface area (Å²) in [4.78, 5) is 8.52. The topological polar surface area (TPSA) is 39.9 Å². The van der Waals surface area contributed by atoms with Crippen LogP contribution in [0.25, 0.3) is 0 Å². The Hall–Kier alpha value is -1.08. The summed E-state index contributed by atoms with van der Waals surface area (Å²) in [7, 11) is 0. The zero-order valence-electron chi connectivity index (χ0n) is 10.9. The highest BCUT2D eigenvalue weighted by Gasteiger charge is 2.31. The number of nitrogens with zero attached hydrogens (tertiary/aromatic N) is 3. The molecule has 96 valence electrons. The van der Waals surface area contributed by atoms with Gasteiger partial charge in [-0.2, -0.15) is 5.26 Å². The molecule has 1 aliphatic carbocycles. The van der Waals surface area contributed by atoms with Crippen molar-refractivity contribution in [1.29, 1.82) is 5.26 Å². The van der Waals surface area contributed by atoms with Crippen molar-refractivity contribution in [3.05, 3.63) is 10.6 Å². The Morgan fingerprint density at radius 3 is 2.89 bits per heavy atom. The fourth-order valence-electron chi connectivity index (χ4n) is 2.73. The molecule has 0 spiro atoms. The molecule has 1 aromatic rings. The molecule has 0 aromatic carbocycles. The van der Waals surface area contributed by atoms with Gasteiger partial charge < -0.3 is 4.90 Å². The highest BCUT2D eigenvalue weighted by Crippen LogP contribution is 2.44. The molecule has 0 radical (unpaired) electrons. The van der Waals surface area contributed by atoms with Crippen LogP contribution in [0, 0.1) is 11.3 Å². The number of nitriles is 1. The van der Waals surface area contributed by atoms with Crippen LogP contribution < -0.4 is 4.90 Å². The predicted octanol–water partition coefficient (Wildman–Crippen LogP) is 3.47. The van der Waals surface area contributed by atoms with E-state index < -0.39 is 0 Å². The maximum Gasteiger partial charge on any atom is 0.186 e. The van der Waals surface area contributed by atoms with Crippen molar-refractivity contribution < 1.29 is 0 Å². The second-order valence-electron chi connectivity index (χ2n) is 5.45.